The van der Waals surface area contributed by atoms with Crippen molar-refractivity contribution >= 4 is 40.4 Å². The summed E-state index contributed by atoms with van der Waals surface area (Å²) in [6, 6.07) is 23.3. The van der Waals surface area contributed by atoms with Gasteiger partial charge in [0.15, 0.2) is 0 Å². The zero-order valence-corrected chi connectivity index (χ0v) is 17.3. The number of likely N-dealkylation sites (N-methyl/N-ethyl adjacent to an activating group) is 1. The van der Waals surface area contributed by atoms with Gasteiger partial charge in [-0.05, 0) is 42.0 Å². The Balaban J connectivity index is 1.88. The molecule has 3 aromatic rings. The second kappa shape index (κ2) is 8.05. The molecular formula is C24H19ClN2O3. The van der Waals surface area contributed by atoms with Gasteiger partial charge in [-0.1, -0.05) is 54.1 Å². The predicted molar refractivity (Wildman–Crippen MR) is 119 cm³/mol. The molecule has 0 saturated carbocycles. The number of rotatable bonds is 5. The average Bonchev–Trinajstić information content (AvgIpc) is 3.04. The zero-order chi connectivity index (χ0) is 21.3. The third-order valence-corrected chi connectivity index (χ3v) is 5.33. The number of benzene rings is 3. The molecule has 0 aliphatic carbocycles. The topological polar surface area (TPSA) is 49.9 Å². The highest BCUT2D eigenvalue weighted by molar-refractivity contribution is 6.48. The van der Waals surface area contributed by atoms with Crippen LogP contribution in [0.5, 0.6) is 5.75 Å². The average molecular weight is 419 g/mol. The van der Waals surface area contributed by atoms with E-state index >= 15 is 0 Å². The molecule has 1 heterocycles. The highest BCUT2D eigenvalue weighted by Crippen LogP contribution is 2.38. The van der Waals surface area contributed by atoms with Crippen LogP contribution in [-0.2, 0) is 9.59 Å². The van der Waals surface area contributed by atoms with E-state index in [9.17, 15) is 9.59 Å². The van der Waals surface area contributed by atoms with E-state index in [2.05, 4.69) is 0 Å². The van der Waals surface area contributed by atoms with Crippen molar-refractivity contribution in [3.8, 4) is 5.75 Å². The fourth-order valence-corrected chi connectivity index (χ4v) is 3.70. The fourth-order valence-electron chi connectivity index (χ4n) is 3.48. The summed E-state index contributed by atoms with van der Waals surface area (Å²) in [5.41, 5.74) is 2.38. The lowest BCUT2D eigenvalue weighted by Gasteiger charge is -2.22. The van der Waals surface area contributed by atoms with Crippen molar-refractivity contribution < 1.29 is 14.3 Å². The SMILES string of the molecule is COc1ccc(C2=C(N(C)c3ccccc3)C(=O)N(c3ccccc3Cl)C2=O)cc1. The minimum Gasteiger partial charge on any atom is -0.497 e. The van der Waals surface area contributed by atoms with Crippen LogP contribution in [0.25, 0.3) is 5.57 Å². The van der Waals surface area contributed by atoms with E-state index in [1.165, 1.54) is 0 Å². The Morgan fingerprint density at radius 3 is 2.10 bits per heavy atom. The molecule has 0 radical (unpaired) electrons. The lowest BCUT2D eigenvalue weighted by Crippen LogP contribution is -2.34. The first kappa shape index (κ1) is 19.7. The van der Waals surface area contributed by atoms with Crippen LogP contribution in [0.3, 0.4) is 0 Å². The third-order valence-electron chi connectivity index (χ3n) is 5.01. The standard InChI is InChI=1S/C24H19ClN2O3/c1-26(17-8-4-3-5-9-17)22-21(16-12-14-18(30-2)15-13-16)23(28)27(24(22)29)20-11-7-6-10-19(20)25/h3-15H,1-2H3. The molecule has 5 nitrogen and oxygen atoms in total. The van der Waals surface area contributed by atoms with Gasteiger partial charge in [0.25, 0.3) is 11.8 Å². The Kier molecular flexibility index (Phi) is 5.29. The Morgan fingerprint density at radius 2 is 1.47 bits per heavy atom. The van der Waals surface area contributed by atoms with Crippen LogP contribution >= 0.6 is 11.6 Å². The normalized spacial score (nSPS) is 13.8. The van der Waals surface area contributed by atoms with Gasteiger partial charge in [0.2, 0.25) is 0 Å². The van der Waals surface area contributed by atoms with E-state index in [-0.39, 0.29) is 5.70 Å². The molecule has 0 fully saturated rings. The first-order valence-electron chi connectivity index (χ1n) is 9.33. The van der Waals surface area contributed by atoms with Crippen LogP contribution in [0.1, 0.15) is 5.56 Å². The van der Waals surface area contributed by atoms with Gasteiger partial charge in [0.05, 0.1) is 23.4 Å². The number of halogens is 1. The number of nitrogens with zero attached hydrogens (tertiary/aromatic N) is 2. The molecule has 3 aromatic carbocycles. The van der Waals surface area contributed by atoms with Crippen molar-refractivity contribution in [3.05, 3.63) is 95.1 Å². The lowest BCUT2D eigenvalue weighted by atomic mass is 10.0. The van der Waals surface area contributed by atoms with Gasteiger partial charge in [0.1, 0.15) is 11.4 Å². The summed E-state index contributed by atoms with van der Waals surface area (Å²) in [4.78, 5) is 29.9. The predicted octanol–water partition coefficient (Wildman–Crippen LogP) is 4.77. The van der Waals surface area contributed by atoms with Crippen LogP contribution in [0.2, 0.25) is 5.02 Å². The number of anilines is 2. The van der Waals surface area contributed by atoms with Crippen molar-refractivity contribution in [3.63, 3.8) is 0 Å². The number of amides is 2. The smallest absolute Gasteiger partial charge is 0.282 e. The summed E-state index contributed by atoms with van der Waals surface area (Å²) in [5, 5.41) is 0.330. The molecule has 4 rings (SSSR count). The van der Waals surface area contributed by atoms with Crippen molar-refractivity contribution in [2.75, 3.05) is 24.0 Å². The highest BCUT2D eigenvalue weighted by Gasteiger charge is 2.42. The number of methoxy groups -OCH3 is 1. The fraction of sp³-hybridized carbons (Fsp3) is 0.0833. The summed E-state index contributed by atoms with van der Waals surface area (Å²) in [6.45, 7) is 0. The van der Waals surface area contributed by atoms with E-state index in [4.69, 9.17) is 16.3 Å². The molecule has 0 unspecified atom stereocenters. The minimum atomic E-state index is -0.426. The van der Waals surface area contributed by atoms with Crippen molar-refractivity contribution in [1.29, 1.82) is 0 Å². The van der Waals surface area contributed by atoms with Crippen LogP contribution in [0.4, 0.5) is 11.4 Å². The molecule has 2 amide bonds. The first-order chi connectivity index (χ1) is 14.5. The molecule has 0 N–H and O–H groups in total. The molecule has 0 saturated heterocycles. The van der Waals surface area contributed by atoms with Gasteiger partial charge in [0, 0.05) is 12.7 Å². The number of imide groups is 1. The first-order valence-corrected chi connectivity index (χ1v) is 9.71. The molecule has 1 aliphatic heterocycles. The van der Waals surface area contributed by atoms with E-state index in [1.807, 2.05) is 30.3 Å². The lowest BCUT2D eigenvalue weighted by molar-refractivity contribution is -0.120. The van der Waals surface area contributed by atoms with Crippen LogP contribution in [0, 0.1) is 0 Å². The largest absolute Gasteiger partial charge is 0.497 e. The van der Waals surface area contributed by atoms with Gasteiger partial charge in [-0.15, -0.1) is 0 Å². The summed E-state index contributed by atoms with van der Waals surface area (Å²) in [7, 11) is 3.35. The second-order valence-corrected chi connectivity index (χ2v) is 7.15. The number of hydrogen-bond donors (Lipinski definition) is 0. The van der Waals surface area contributed by atoms with Crippen molar-refractivity contribution in [2.45, 2.75) is 0 Å². The maximum absolute atomic E-state index is 13.5. The van der Waals surface area contributed by atoms with E-state index < -0.39 is 11.8 Å². The van der Waals surface area contributed by atoms with Gasteiger partial charge in [-0.2, -0.15) is 0 Å². The second-order valence-electron chi connectivity index (χ2n) is 6.74. The summed E-state index contributed by atoms with van der Waals surface area (Å²) < 4.78 is 5.22. The quantitative estimate of drug-likeness (QED) is 0.560. The maximum Gasteiger partial charge on any atom is 0.282 e. The molecule has 0 bridgehead atoms. The van der Waals surface area contributed by atoms with Crippen LogP contribution in [0.15, 0.2) is 84.6 Å². The molecule has 0 aromatic heterocycles. The Morgan fingerprint density at radius 1 is 0.833 bits per heavy atom. The van der Waals surface area contributed by atoms with Crippen LogP contribution in [-0.4, -0.2) is 26.0 Å². The number of hydrogen-bond acceptors (Lipinski definition) is 4. The molecular weight excluding hydrogens is 400 g/mol. The maximum atomic E-state index is 13.5. The van der Waals surface area contributed by atoms with Gasteiger partial charge < -0.3 is 9.64 Å². The highest BCUT2D eigenvalue weighted by atomic mass is 35.5. The third kappa shape index (κ3) is 3.33. The molecule has 0 atom stereocenters. The van der Waals surface area contributed by atoms with Crippen LogP contribution < -0.4 is 14.5 Å². The molecule has 150 valence electrons. The number of ether oxygens (including phenoxy) is 1. The van der Waals surface area contributed by atoms with Crippen molar-refractivity contribution in [1.82, 2.24) is 0 Å². The Labute approximate surface area is 179 Å². The Bertz CT molecular complexity index is 1140. The molecule has 30 heavy (non-hydrogen) atoms. The number of carbonyl (C=O) groups is 2. The zero-order valence-electron chi connectivity index (χ0n) is 16.5. The minimum absolute atomic E-state index is 0.288. The van der Waals surface area contributed by atoms with Crippen molar-refractivity contribution in [2.24, 2.45) is 0 Å². The number of carbonyl (C=O) groups excluding carboxylic acids is 2. The molecule has 6 heteroatoms. The summed E-state index contributed by atoms with van der Waals surface area (Å²) in [6.07, 6.45) is 0. The monoisotopic (exact) mass is 418 g/mol. The number of para-hydroxylation sites is 2. The van der Waals surface area contributed by atoms with E-state index in [1.54, 1.807) is 67.6 Å². The van der Waals surface area contributed by atoms with E-state index in [0.29, 0.717) is 27.6 Å². The summed E-state index contributed by atoms with van der Waals surface area (Å²) >= 11 is 6.32. The van der Waals surface area contributed by atoms with Gasteiger partial charge in [-0.3, -0.25) is 9.59 Å². The molecule has 1 aliphatic rings. The van der Waals surface area contributed by atoms with Gasteiger partial charge >= 0.3 is 0 Å². The van der Waals surface area contributed by atoms with E-state index in [0.717, 1.165) is 10.6 Å². The molecule has 0 spiro atoms. The Hall–Kier alpha value is -3.57. The summed E-state index contributed by atoms with van der Waals surface area (Å²) in [5.74, 6) is -0.182. The van der Waals surface area contributed by atoms with Gasteiger partial charge in [-0.25, -0.2) is 4.90 Å².